The largest absolute Gasteiger partial charge is 0.333 e. The van der Waals surface area contributed by atoms with E-state index in [0.29, 0.717) is 17.9 Å². The van der Waals surface area contributed by atoms with Gasteiger partial charge in [0.25, 0.3) is 5.91 Å². The maximum atomic E-state index is 12.7. The molecule has 0 radical (unpaired) electrons. The quantitative estimate of drug-likeness (QED) is 0.875. The molecule has 0 aromatic heterocycles. The van der Waals surface area contributed by atoms with E-state index in [9.17, 15) is 9.59 Å². The minimum atomic E-state index is 0. The molecule has 1 aromatic carbocycles. The summed E-state index contributed by atoms with van der Waals surface area (Å²) in [6.45, 7) is 10.4. The van der Waals surface area contributed by atoms with Gasteiger partial charge >= 0.3 is 0 Å². The van der Waals surface area contributed by atoms with Crippen LogP contribution in [0, 0.1) is 12.8 Å². The van der Waals surface area contributed by atoms with Crippen molar-refractivity contribution in [3.63, 3.8) is 0 Å². The van der Waals surface area contributed by atoms with Crippen molar-refractivity contribution in [1.29, 1.82) is 0 Å². The van der Waals surface area contributed by atoms with E-state index in [-0.39, 0.29) is 30.3 Å². The Morgan fingerprint density at radius 1 is 1.38 bits per heavy atom. The van der Waals surface area contributed by atoms with Crippen molar-refractivity contribution in [3.05, 3.63) is 29.3 Å². The molecule has 0 unspecified atom stereocenters. The number of rotatable bonds is 4. The van der Waals surface area contributed by atoms with Gasteiger partial charge in [-0.3, -0.25) is 9.59 Å². The molecule has 1 heterocycles. The van der Waals surface area contributed by atoms with Crippen LogP contribution in [0.3, 0.4) is 0 Å². The molecule has 0 aliphatic carbocycles. The second-order valence-electron chi connectivity index (χ2n) is 6.73. The summed E-state index contributed by atoms with van der Waals surface area (Å²) in [6.07, 6.45) is 0.498. The number of amides is 2. The summed E-state index contributed by atoms with van der Waals surface area (Å²) < 4.78 is 0. The van der Waals surface area contributed by atoms with Crippen LogP contribution in [0.25, 0.3) is 0 Å². The first-order chi connectivity index (χ1) is 10.9. The maximum absolute atomic E-state index is 12.7. The van der Waals surface area contributed by atoms with Crippen molar-refractivity contribution in [2.75, 3.05) is 25.0 Å². The summed E-state index contributed by atoms with van der Waals surface area (Å²) in [7, 11) is 0. The summed E-state index contributed by atoms with van der Waals surface area (Å²) in [6, 6.07) is 5.69. The third kappa shape index (κ3) is 5.21. The van der Waals surface area contributed by atoms with Crippen LogP contribution in [-0.4, -0.2) is 42.4 Å². The molecule has 1 aliphatic heterocycles. The molecule has 0 bridgehead atoms. The topological polar surface area (TPSA) is 61.4 Å². The number of hydrogen-bond donors (Lipinski definition) is 2. The predicted octanol–water partition coefficient (Wildman–Crippen LogP) is 2.84. The second-order valence-corrected chi connectivity index (χ2v) is 6.73. The Balaban J connectivity index is 0.00000288. The molecule has 2 amide bonds. The first kappa shape index (κ1) is 20.5. The number of carbonyl (C=O) groups excluding carboxylic acids is 2. The zero-order chi connectivity index (χ0) is 17.0. The number of nitrogens with zero attached hydrogens (tertiary/aromatic N) is 1. The first-order valence-corrected chi connectivity index (χ1v) is 8.30. The number of nitrogens with one attached hydrogen (secondary N) is 2. The lowest BCUT2D eigenvalue weighted by Gasteiger charge is -2.34. The summed E-state index contributed by atoms with van der Waals surface area (Å²) in [4.78, 5) is 26.4. The number of benzene rings is 1. The van der Waals surface area contributed by atoms with E-state index in [4.69, 9.17) is 0 Å². The third-order valence-corrected chi connectivity index (χ3v) is 4.10. The van der Waals surface area contributed by atoms with Crippen LogP contribution in [0.4, 0.5) is 5.69 Å². The highest BCUT2D eigenvalue weighted by atomic mass is 35.5. The molecule has 5 nitrogen and oxygen atoms in total. The fraction of sp³-hybridized carbons (Fsp3) is 0.556. The summed E-state index contributed by atoms with van der Waals surface area (Å²) in [5, 5.41) is 6.21. The molecule has 0 spiro atoms. The van der Waals surface area contributed by atoms with E-state index in [1.807, 2.05) is 37.8 Å². The SMILES string of the molecule is Cc1cc(C(=O)N2CCNC[C@@H]2C)ccc1NC(=O)CC(C)C.Cl. The molecule has 2 N–H and O–H groups in total. The minimum Gasteiger partial charge on any atom is -0.333 e. The molecule has 24 heavy (non-hydrogen) atoms. The maximum Gasteiger partial charge on any atom is 0.254 e. The molecule has 6 heteroatoms. The molecule has 0 saturated carbocycles. The number of carbonyl (C=O) groups is 2. The smallest absolute Gasteiger partial charge is 0.254 e. The van der Waals surface area contributed by atoms with Gasteiger partial charge in [-0.25, -0.2) is 0 Å². The van der Waals surface area contributed by atoms with Crippen LogP contribution in [0.2, 0.25) is 0 Å². The van der Waals surface area contributed by atoms with Gasteiger partial charge in [0.05, 0.1) is 0 Å². The molecule has 1 atom stereocenters. The number of piperazine rings is 1. The highest BCUT2D eigenvalue weighted by Crippen LogP contribution is 2.19. The van der Waals surface area contributed by atoms with Crippen LogP contribution in [0.1, 0.15) is 43.1 Å². The minimum absolute atomic E-state index is 0. The second kappa shape index (κ2) is 9.04. The fourth-order valence-electron chi connectivity index (χ4n) is 2.82. The van der Waals surface area contributed by atoms with Crippen molar-refractivity contribution in [2.24, 2.45) is 5.92 Å². The van der Waals surface area contributed by atoms with Crippen LogP contribution < -0.4 is 10.6 Å². The van der Waals surface area contributed by atoms with Gasteiger partial charge in [-0.1, -0.05) is 13.8 Å². The predicted molar refractivity (Wildman–Crippen MR) is 99.9 cm³/mol. The van der Waals surface area contributed by atoms with E-state index < -0.39 is 0 Å². The van der Waals surface area contributed by atoms with E-state index >= 15 is 0 Å². The summed E-state index contributed by atoms with van der Waals surface area (Å²) >= 11 is 0. The number of anilines is 1. The van der Waals surface area contributed by atoms with Gasteiger partial charge in [0, 0.05) is 43.3 Å². The van der Waals surface area contributed by atoms with Gasteiger partial charge in [-0.05, 0) is 43.5 Å². The fourth-order valence-corrected chi connectivity index (χ4v) is 2.82. The van der Waals surface area contributed by atoms with Crippen molar-refractivity contribution in [2.45, 2.75) is 40.2 Å². The standard InChI is InChI=1S/C18H27N3O2.ClH/c1-12(2)9-17(22)20-16-6-5-15(10-13(16)3)18(23)21-8-7-19-11-14(21)4;/h5-6,10,12,14,19H,7-9,11H2,1-4H3,(H,20,22);1H/t14-;/m0./s1. The van der Waals surface area contributed by atoms with Gasteiger partial charge < -0.3 is 15.5 Å². The summed E-state index contributed by atoms with van der Waals surface area (Å²) in [5.41, 5.74) is 2.37. The van der Waals surface area contributed by atoms with Crippen molar-refractivity contribution < 1.29 is 9.59 Å². The molecule has 1 saturated heterocycles. The van der Waals surface area contributed by atoms with E-state index in [0.717, 1.165) is 30.9 Å². The number of aryl methyl sites for hydroxylation is 1. The average Bonchev–Trinajstić information content (AvgIpc) is 2.48. The van der Waals surface area contributed by atoms with Crippen molar-refractivity contribution in [1.82, 2.24) is 10.2 Å². The molecular formula is C18H28ClN3O2. The molecule has 1 fully saturated rings. The Kier molecular flexibility index (Phi) is 7.70. The van der Waals surface area contributed by atoms with Crippen molar-refractivity contribution in [3.8, 4) is 0 Å². The van der Waals surface area contributed by atoms with Crippen LogP contribution >= 0.6 is 12.4 Å². The Morgan fingerprint density at radius 3 is 2.67 bits per heavy atom. The lowest BCUT2D eigenvalue weighted by atomic mass is 10.1. The van der Waals surface area contributed by atoms with Gasteiger partial charge in [-0.2, -0.15) is 0 Å². The van der Waals surface area contributed by atoms with E-state index in [2.05, 4.69) is 17.6 Å². The Morgan fingerprint density at radius 2 is 2.08 bits per heavy atom. The Bertz CT molecular complexity index is 590. The Labute approximate surface area is 150 Å². The molecule has 2 rings (SSSR count). The number of halogens is 1. The summed E-state index contributed by atoms with van der Waals surface area (Å²) in [5.74, 6) is 0.394. The third-order valence-electron chi connectivity index (χ3n) is 4.10. The zero-order valence-electron chi connectivity index (χ0n) is 14.9. The lowest BCUT2D eigenvalue weighted by Crippen LogP contribution is -2.52. The van der Waals surface area contributed by atoms with Gasteiger partial charge in [0.2, 0.25) is 5.91 Å². The average molecular weight is 354 g/mol. The van der Waals surface area contributed by atoms with Crippen LogP contribution in [0.15, 0.2) is 18.2 Å². The van der Waals surface area contributed by atoms with E-state index in [1.165, 1.54) is 0 Å². The van der Waals surface area contributed by atoms with Gasteiger partial charge in [-0.15, -0.1) is 12.4 Å². The first-order valence-electron chi connectivity index (χ1n) is 8.30. The number of hydrogen-bond acceptors (Lipinski definition) is 3. The van der Waals surface area contributed by atoms with Crippen LogP contribution in [0.5, 0.6) is 0 Å². The Hall–Kier alpha value is -1.59. The van der Waals surface area contributed by atoms with Gasteiger partial charge in [0.1, 0.15) is 0 Å². The zero-order valence-corrected chi connectivity index (χ0v) is 15.7. The lowest BCUT2D eigenvalue weighted by molar-refractivity contribution is -0.116. The monoisotopic (exact) mass is 353 g/mol. The molecule has 134 valence electrons. The van der Waals surface area contributed by atoms with Crippen molar-refractivity contribution >= 4 is 29.9 Å². The molecule has 1 aromatic rings. The van der Waals surface area contributed by atoms with E-state index in [1.54, 1.807) is 6.07 Å². The molecule has 1 aliphatic rings. The van der Waals surface area contributed by atoms with Gasteiger partial charge in [0.15, 0.2) is 0 Å². The molecular weight excluding hydrogens is 326 g/mol. The van der Waals surface area contributed by atoms with Crippen LogP contribution in [-0.2, 0) is 4.79 Å². The highest BCUT2D eigenvalue weighted by molar-refractivity contribution is 5.96. The normalized spacial score (nSPS) is 17.4. The highest BCUT2D eigenvalue weighted by Gasteiger charge is 2.24.